The molecular weight excluding hydrogens is 302 g/mol. The third kappa shape index (κ3) is 5.51. The first-order valence-electron chi connectivity index (χ1n) is 6.53. The van der Waals surface area contributed by atoms with Gasteiger partial charge in [0, 0.05) is 12.7 Å². The predicted octanol–water partition coefficient (Wildman–Crippen LogP) is 0.883. The van der Waals surface area contributed by atoms with E-state index >= 15 is 0 Å². The van der Waals surface area contributed by atoms with Gasteiger partial charge in [-0.1, -0.05) is 12.1 Å². The number of carbonyl (C=O) groups excluding carboxylic acids is 2. The zero-order valence-electron chi connectivity index (χ0n) is 12.3. The molecule has 0 heterocycles. The summed E-state index contributed by atoms with van der Waals surface area (Å²) >= 11 is 0. The molecule has 120 valence electrons. The number of carbonyl (C=O) groups is 3. The van der Waals surface area contributed by atoms with E-state index in [1.807, 2.05) is 0 Å². The second kappa shape index (κ2) is 8.84. The molecule has 0 radical (unpaired) electrons. The minimum absolute atomic E-state index is 0.0913. The summed E-state index contributed by atoms with van der Waals surface area (Å²) in [5.74, 6) is -2.33. The number of ether oxygens (including phenoxy) is 1. The lowest BCUT2D eigenvalue weighted by Gasteiger charge is -2.08. The van der Waals surface area contributed by atoms with Gasteiger partial charge in [-0.25, -0.2) is 4.79 Å². The summed E-state index contributed by atoms with van der Waals surface area (Å²) in [5, 5.41) is 22.5. The standard InChI is InChI=1S/C15H15N3O5/c1-23-15(22)11-4-2-3-5-12(11)18-9-10(8-16)14(21)17-7-6-13(19)20/h2-5,9,18H,6-7H2,1H3,(H,17,21)(H,19,20)/b10-9-. The predicted molar refractivity (Wildman–Crippen MR) is 80.4 cm³/mol. The smallest absolute Gasteiger partial charge is 0.339 e. The number of carboxylic acid groups (broad SMARTS) is 1. The Morgan fingerprint density at radius 1 is 1.35 bits per heavy atom. The van der Waals surface area contributed by atoms with E-state index in [1.54, 1.807) is 24.3 Å². The van der Waals surface area contributed by atoms with E-state index in [4.69, 9.17) is 10.4 Å². The number of amides is 1. The first kappa shape index (κ1) is 17.7. The van der Waals surface area contributed by atoms with Gasteiger partial charge >= 0.3 is 11.9 Å². The summed E-state index contributed by atoms with van der Waals surface area (Å²) < 4.78 is 4.63. The molecule has 1 amide bonds. The number of para-hydroxylation sites is 1. The van der Waals surface area contributed by atoms with E-state index in [9.17, 15) is 14.4 Å². The van der Waals surface area contributed by atoms with Crippen LogP contribution in [0.1, 0.15) is 16.8 Å². The number of nitrogens with zero attached hydrogens (tertiary/aromatic N) is 1. The molecule has 0 aromatic heterocycles. The van der Waals surface area contributed by atoms with Crippen molar-refractivity contribution in [2.75, 3.05) is 19.0 Å². The summed E-state index contributed by atoms with van der Waals surface area (Å²) in [6.45, 7) is -0.0913. The minimum Gasteiger partial charge on any atom is -0.481 e. The maximum Gasteiger partial charge on any atom is 0.339 e. The maximum atomic E-state index is 11.7. The Labute approximate surface area is 132 Å². The second-order valence-electron chi connectivity index (χ2n) is 4.25. The molecule has 0 unspecified atom stereocenters. The van der Waals surface area contributed by atoms with Crippen LogP contribution in [0.3, 0.4) is 0 Å². The maximum absolute atomic E-state index is 11.7. The molecule has 1 aromatic carbocycles. The van der Waals surface area contributed by atoms with E-state index < -0.39 is 17.8 Å². The molecule has 0 saturated carbocycles. The average Bonchev–Trinajstić information content (AvgIpc) is 2.54. The van der Waals surface area contributed by atoms with E-state index in [0.29, 0.717) is 5.69 Å². The molecule has 8 nitrogen and oxygen atoms in total. The lowest BCUT2D eigenvalue weighted by molar-refractivity contribution is -0.136. The molecule has 0 aliphatic rings. The summed E-state index contributed by atoms with van der Waals surface area (Å²) in [7, 11) is 1.24. The molecule has 0 fully saturated rings. The number of methoxy groups -OCH3 is 1. The van der Waals surface area contributed by atoms with Crippen LogP contribution < -0.4 is 10.6 Å². The van der Waals surface area contributed by atoms with Crippen molar-refractivity contribution in [3.05, 3.63) is 41.6 Å². The molecule has 8 heteroatoms. The molecule has 23 heavy (non-hydrogen) atoms. The lowest BCUT2D eigenvalue weighted by Crippen LogP contribution is -2.27. The summed E-state index contributed by atoms with van der Waals surface area (Å²) in [6, 6.07) is 8.12. The van der Waals surface area contributed by atoms with Gasteiger partial charge in [-0.3, -0.25) is 9.59 Å². The molecule has 3 N–H and O–H groups in total. The highest BCUT2D eigenvalue weighted by atomic mass is 16.5. The van der Waals surface area contributed by atoms with Crippen LogP contribution in [-0.2, 0) is 14.3 Å². The topological polar surface area (TPSA) is 129 Å². The van der Waals surface area contributed by atoms with Crippen molar-refractivity contribution >= 4 is 23.5 Å². The van der Waals surface area contributed by atoms with Crippen LogP contribution in [0, 0.1) is 11.3 Å². The van der Waals surface area contributed by atoms with Crippen molar-refractivity contribution in [1.82, 2.24) is 5.32 Å². The van der Waals surface area contributed by atoms with Crippen molar-refractivity contribution < 1.29 is 24.2 Å². The summed E-state index contributed by atoms with van der Waals surface area (Å²) in [4.78, 5) is 33.7. The number of anilines is 1. The van der Waals surface area contributed by atoms with Crippen LogP contribution in [0.4, 0.5) is 5.69 Å². The van der Waals surface area contributed by atoms with Crippen molar-refractivity contribution in [2.45, 2.75) is 6.42 Å². The first-order chi connectivity index (χ1) is 11.0. The van der Waals surface area contributed by atoms with Crippen molar-refractivity contribution in [2.24, 2.45) is 0 Å². The van der Waals surface area contributed by atoms with Gasteiger partial charge in [0.05, 0.1) is 24.8 Å². The second-order valence-corrected chi connectivity index (χ2v) is 4.25. The molecule has 0 saturated heterocycles. The van der Waals surface area contributed by atoms with Gasteiger partial charge in [-0.15, -0.1) is 0 Å². The van der Waals surface area contributed by atoms with E-state index in [-0.39, 0.29) is 24.1 Å². The van der Waals surface area contributed by atoms with Crippen LogP contribution in [0.25, 0.3) is 0 Å². The lowest BCUT2D eigenvalue weighted by atomic mass is 10.2. The van der Waals surface area contributed by atoms with Crippen LogP contribution in [-0.4, -0.2) is 36.6 Å². The van der Waals surface area contributed by atoms with Crippen molar-refractivity contribution in [1.29, 1.82) is 5.26 Å². The molecule has 1 aromatic rings. The van der Waals surface area contributed by atoms with Crippen molar-refractivity contribution in [3.8, 4) is 6.07 Å². The van der Waals surface area contributed by atoms with Crippen LogP contribution in [0.15, 0.2) is 36.0 Å². The van der Waals surface area contributed by atoms with Gasteiger partial charge in [0.2, 0.25) is 0 Å². The fourth-order valence-corrected chi connectivity index (χ4v) is 1.57. The molecule has 0 aliphatic carbocycles. The number of hydrogen-bond donors (Lipinski definition) is 3. The third-order valence-corrected chi connectivity index (χ3v) is 2.69. The van der Waals surface area contributed by atoms with E-state index in [1.165, 1.54) is 13.2 Å². The molecule has 0 spiro atoms. The number of esters is 1. The normalized spacial score (nSPS) is 10.3. The Balaban J connectivity index is 2.81. The van der Waals surface area contributed by atoms with Gasteiger partial charge in [-0.05, 0) is 12.1 Å². The Kier molecular flexibility index (Phi) is 6.81. The van der Waals surface area contributed by atoms with Gasteiger partial charge in [0.25, 0.3) is 5.91 Å². The van der Waals surface area contributed by atoms with Gasteiger partial charge in [0.1, 0.15) is 11.6 Å². The highest BCUT2D eigenvalue weighted by Crippen LogP contribution is 2.16. The highest BCUT2D eigenvalue weighted by molar-refractivity contribution is 5.99. The SMILES string of the molecule is COC(=O)c1ccccc1N/C=C(/C#N)C(=O)NCCC(=O)O. The highest BCUT2D eigenvalue weighted by Gasteiger charge is 2.12. The number of rotatable bonds is 7. The van der Waals surface area contributed by atoms with Crippen LogP contribution >= 0.6 is 0 Å². The summed E-state index contributed by atoms with van der Waals surface area (Å²) in [6.07, 6.45) is 0.890. The van der Waals surface area contributed by atoms with Gasteiger partial charge < -0.3 is 20.5 Å². The number of aliphatic carboxylic acids is 1. The van der Waals surface area contributed by atoms with E-state index in [0.717, 1.165) is 6.20 Å². The third-order valence-electron chi connectivity index (χ3n) is 2.69. The Hall–Kier alpha value is -3.34. The quantitative estimate of drug-likeness (QED) is 0.387. The molecule has 1 rings (SSSR count). The monoisotopic (exact) mass is 317 g/mol. The minimum atomic E-state index is -1.06. The molecule has 0 aliphatic heterocycles. The molecule has 0 atom stereocenters. The van der Waals surface area contributed by atoms with Crippen LogP contribution in [0.5, 0.6) is 0 Å². The average molecular weight is 317 g/mol. The zero-order valence-corrected chi connectivity index (χ0v) is 12.3. The van der Waals surface area contributed by atoms with E-state index in [2.05, 4.69) is 15.4 Å². The number of nitrogens with one attached hydrogen (secondary N) is 2. The number of benzene rings is 1. The Morgan fingerprint density at radius 2 is 2.04 bits per heavy atom. The number of hydrogen-bond acceptors (Lipinski definition) is 6. The largest absolute Gasteiger partial charge is 0.481 e. The fourth-order valence-electron chi connectivity index (χ4n) is 1.57. The van der Waals surface area contributed by atoms with Crippen molar-refractivity contribution in [3.63, 3.8) is 0 Å². The Bertz CT molecular complexity index is 676. The molecule has 0 bridgehead atoms. The molecular formula is C15H15N3O5. The Morgan fingerprint density at radius 3 is 2.65 bits per heavy atom. The van der Waals surface area contributed by atoms with Crippen LogP contribution in [0.2, 0.25) is 0 Å². The first-order valence-corrected chi connectivity index (χ1v) is 6.53. The number of carboxylic acids is 1. The van der Waals surface area contributed by atoms with Gasteiger partial charge in [0.15, 0.2) is 0 Å². The summed E-state index contributed by atoms with van der Waals surface area (Å²) in [5.41, 5.74) is 0.357. The van der Waals surface area contributed by atoms with Gasteiger partial charge in [-0.2, -0.15) is 5.26 Å². The zero-order chi connectivity index (χ0) is 17.2. The number of nitriles is 1. The fraction of sp³-hybridized carbons (Fsp3) is 0.200.